The summed E-state index contributed by atoms with van der Waals surface area (Å²) in [5, 5.41) is 3.12. The number of benzene rings is 1. The number of carbonyl (C=O) groups is 1. The Balaban J connectivity index is 1.74. The van der Waals surface area contributed by atoms with E-state index in [1.807, 2.05) is 31.2 Å². The van der Waals surface area contributed by atoms with Crippen molar-refractivity contribution in [1.29, 1.82) is 0 Å². The Labute approximate surface area is 156 Å². The first-order valence-corrected chi connectivity index (χ1v) is 8.24. The molecule has 0 atom stereocenters. The van der Waals surface area contributed by atoms with E-state index in [-0.39, 0.29) is 17.4 Å². The van der Waals surface area contributed by atoms with Crippen molar-refractivity contribution in [3.63, 3.8) is 0 Å². The molecule has 0 aliphatic carbocycles. The van der Waals surface area contributed by atoms with Gasteiger partial charge in [0.2, 0.25) is 0 Å². The number of para-hydroxylation sites is 2. The number of amides is 1. The number of ether oxygens (including phenoxy) is 1. The Bertz CT molecular complexity index is 919. The van der Waals surface area contributed by atoms with Gasteiger partial charge >= 0.3 is 0 Å². The van der Waals surface area contributed by atoms with E-state index in [4.69, 9.17) is 10.5 Å². The molecule has 138 valence electrons. The van der Waals surface area contributed by atoms with Gasteiger partial charge in [-0.05, 0) is 31.2 Å². The standard InChI is InChI=1S/C18H19N7O2/c1-2-27-14-8-4-3-7-13(14)23-16-15(19)17(22-11-21-16)24-25-18(26)12-6-5-9-20-10-12/h3-11H,2,19H2,1H3,(H,25,26)(H2,21,22,23,24). The third-order valence-electron chi connectivity index (χ3n) is 3.54. The monoisotopic (exact) mass is 365 g/mol. The highest BCUT2D eigenvalue weighted by Gasteiger charge is 2.12. The molecule has 2 aromatic heterocycles. The molecule has 0 fully saturated rings. The van der Waals surface area contributed by atoms with E-state index in [0.29, 0.717) is 23.7 Å². The van der Waals surface area contributed by atoms with Crippen LogP contribution in [0.3, 0.4) is 0 Å². The number of anilines is 4. The Morgan fingerprint density at radius 1 is 1.15 bits per heavy atom. The predicted molar refractivity (Wildman–Crippen MR) is 103 cm³/mol. The number of hydrogen-bond donors (Lipinski definition) is 4. The van der Waals surface area contributed by atoms with Crippen molar-refractivity contribution in [1.82, 2.24) is 20.4 Å². The molecule has 5 N–H and O–H groups in total. The summed E-state index contributed by atoms with van der Waals surface area (Å²) in [5.74, 6) is 0.962. The summed E-state index contributed by atoms with van der Waals surface area (Å²) in [6.45, 7) is 2.44. The number of aromatic nitrogens is 3. The number of nitrogens with one attached hydrogen (secondary N) is 3. The molecule has 0 bridgehead atoms. The minimum Gasteiger partial charge on any atom is -0.492 e. The minimum absolute atomic E-state index is 0.246. The molecule has 0 aliphatic rings. The lowest BCUT2D eigenvalue weighted by molar-refractivity contribution is 0.0962. The van der Waals surface area contributed by atoms with Crippen LogP contribution in [0.25, 0.3) is 0 Å². The van der Waals surface area contributed by atoms with Crippen molar-refractivity contribution < 1.29 is 9.53 Å². The molecule has 27 heavy (non-hydrogen) atoms. The van der Waals surface area contributed by atoms with E-state index in [1.165, 1.54) is 12.5 Å². The number of hydrogen-bond acceptors (Lipinski definition) is 8. The number of pyridine rings is 1. The average molecular weight is 365 g/mol. The van der Waals surface area contributed by atoms with Crippen molar-refractivity contribution in [2.75, 3.05) is 23.1 Å². The van der Waals surface area contributed by atoms with Crippen molar-refractivity contribution in [2.45, 2.75) is 6.92 Å². The highest BCUT2D eigenvalue weighted by Crippen LogP contribution is 2.30. The smallest absolute Gasteiger partial charge is 0.271 e. The number of hydrazine groups is 1. The molecular formula is C18H19N7O2. The Hall–Kier alpha value is -3.88. The molecule has 9 heteroatoms. The van der Waals surface area contributed by atoms with Gasteiger partial charge in [0.15, 0.2) is 11.6 Å². The SMILES string of the molecule is CCOc1ccccc1Nc1ncnc(NNC(=O)c2cccnc2)c1N. The molecule has 3 rings (SSSR count). The van der Waals surface area contributed by atoms with Gasteiger partial charge in [-0.2, -0.15) is 0 Å². The van der Waals surface area contributed by atoms with Crippen molar-refractivity contribution in [3.05, 3.63) is 60.7 Å². The molecule has 0 saturated heterocycles. The fourth-order valence-corrected chi connectivity index (χ4v) is 2.26. The van der Waals surface area contributed by atoms with Crippen LogP contribution in [0.2, 0.25) is 0 Å². The summed E-state index contributed by atoms with van der Waals surface area (Å²) in [5.41, 5.74) is 12.7. The quantitative estimate of drug-likeness (QED) is 0.470. The molecule has 0 radical (unpaired) electrons. The van der Waals surface area contributed by atoms with E-state index in [2.05, 4.69) is 31.1 Å². The Morgan fingerprint density at radius 3 is 2.74 bits per heavy atom. The van der Waals surface area contributed by atoms with Gasteiger partial charge in [0.05, 0.1) is 17.9 Å². The van der Waals surface area contributed by atoms with Gasteiger partial charge in [-0.25, -0.2) is 9.97 Å². The molecule has 2 heterocycles. The maximum atomic E-state index is 12.1. The van der Waals surface area contributed by atoms with Crippen LogP contribution in [-0.2, 0) is 0 Å². The van der Waals surface area contributed by atoms with Gasteiger partial charge in [0.1, 0.15) is 17.8 Å². The predicted octanol–water partition coefficient (Wildman–Crippen LogP) is 2.35. The second-order valence-corrected chi connectivity index (χ2v) is 5.36. The third kappa shape index (κ3) is 4.40. The van der Waals surface area contributed by atoms with Gasteiger partial charge in [-0.3, -0.25) is 20.6 Å². The lowest BCUT2D eigenvalue weighted by Gasteiger charge is -2.15. The van der Waals surface area contributed by atoms with Gasteiger partial charge in [-0.15, -0.1) is 0 Å². The van der Waals surface area contributed by atoms with Gasteiger partial charge in [-0.1, -0.05) is 12.1 Å². The minimum atomic E-state index is -0.364. The molecule has 3 aromatic rings. The fraction of sp³-hybridized carbons (Fsp3) is 0.111. The largest absolute Gasteiger partial charge is 0.492 e. The highest BCUT2D eigenvalue weighted by atomic mass is 16.5. The van der Waals surface area contributed by atoms with Crippen LogP contribution in [0, 0.1) is 0 Å². The van der Waals surface area contributed by atoms with Crippen LogP contribution in [0.5, 0.6) is 5.75 Å². The van der Waals surface area contributed by atoms with Crippen LogP contribution in [-0.4, -0.2) is 27.5 Å². The first kappa shape index (κ1) is 17.9. The average Bonchev–Trinajstić information content (AvgIpc) is 2.70. The van der Waals surface area contributed by atoms with E-state index in [0.717, 1.165) is 5.69 Å². The van der Waals surface area contributed by atoms with Crippen LogP contribution in [0.15, 0.2) is 55.1 Å². The molecular weight excluding hydrogens is 346 g/mol. The Kier molecular flexibility index (Phi) is 5.63. The summed E-state index contributed by atoms with van der Waals surface area (Å²) in [6, 6.07) is 10.8. The van der Waals surface area contributed by atoms with E-state index in [9.17, 15) is 4.79 Å². The van der Waals surface area contributed by atoms with Crippen molar-refractivity contribution >= 4 is 28.9 Å². The fourth-order valence-electron chi connectivity index (χ4n) is 2.26. The molecule has 0 aliphatic heterocycles. The van der Waals surface area contributed by atoms with Gasteiger partial charge in [0, 0.05) is 12.4 Å². The topological polar surface area (TPSA) is 127 Å². The summed E-state index contributed by atoms with van der Waals surface area (Å²) in [4.78, 5) is 24.2. The number of nitrogens with zero attached hydrogens (tertiary/aromatic N) is 3. The number of rotatable bonds is 7. The summed E-state index contributed by atoms with van der Waals surface area (Å²) < 4.78 is 5.58. The zero-order chi connectivity index (χ0) is 19.1. The van der Waals surface area contributed by atoms with Gasteiger partial charge in [0.25, 0.3) is 5.91 Å². The van der Waals surface area contributed by atoms with E-state index in [1.54, 1.807) is 18.3 Å². The second-order valence-electron chi connectivity index (χ2n) is 5.36. The van der Waals surface area contributed by atoms with Crippen molar-refractivity contribution in [2.24, 2.45) is 0 Å². The Morgan fingerprint density at radius 2 is 1.96 bits per heavy atom. The second kappa shape index (κ2) is 8.48. The first-order chi connectivity index (χ1) is 13.2. The lowest BCUT2D eigenvalue weighted by Crippen LogP contribution is -2.30. The summed E-state index contributed by atoms with van der Waals surface area (Å²) >= 11 is 0. The maximum Gasteiger partial charge on any atom is 0.271 e. The van der Waals surface area contributed by atoms with E-state index >= 15 is 0 Å². The number of carbonyl (C=O) groups excluding carboxylic acids is 1. The third-order valence-corrected chi connectivity index (χ3v) is 3.54. The van der Waals surface area contributed by atoms with Crippen LogP contribution < -0.4 is 26.6 Å². The number of nitrogen functional groups attached to an aromatic ring is 1. The highest BCUT2D eigenvalue weighted by molar-refractivity contribution is 5.94. The maximum absolute atomic E-state index is 12.1. The zero-order valence-corrected chi connectivity index (χ0v) is 14.6. The van der Waals surface area contributed by atoms with Gasteiger partial charge < -0.3 is 15.8 Å². The molecule has 0 saturated carbocycles. The molecule has 0 unspecified atom stereocenters. The summed E-state index contributed by atoms with van der Waals surface area (Å²) in [7, 11) is 0. The summed E-state index contributed by atoms with van der Waals surface area (Å²) in [6.07, 6.45) is 4.38. The lowest BCUT2D eigenvalue weighted by atomic mass is 10.3. The van der Waals surface area contributed by atoms with Crippen LogP contribution in [0.4, 0.5) is 23.0 Å². The van der Waals surface area contributed by atoms with Crippen LogP contribution >= 0.6 is 0 Å². The molecule has 1 aromatic carbocycles. The van der Waals surface area contributed by atoms with Crippen LogP contribution in [0.1, 0.15) is 17.3 Å². The van der Waals surface area contributed by atoms with E-state index < -0.39 is 0 Å². The van der Waals surface area contributed by atoms with Crippen molar-refractivity contribution in [3.8, 4) is 5.75 Å². The molecule has 1 amide bonds. The normalized spacial score (nSPS) is 10.1. The molecule has 9 nitrogen and oxygen atoms in total. The molecule has 0 spiro atoms. The first-order valence-electron chi connectivity index (χ1n) is 8.24. The zero-order valence-electron chi connectivity index (χ0n) is 14.6. The number of nitrogens with two attached hydrogens (primary N) is 1.